The van der Waals surface area contributed by atoms with Crippen molar-refractivity contribution in [2.75, 3.05) is 31.6 Å². The van der Waals surface area contributed by atoms with Crippen LogP contribution >= 0.6 is 0 Å². The summed E-state index contributed by atoms with van der Waals surface area (Å²) in [5, 5.41) is 3.47. The van der Waals surface area contributed by atoms with Crippen molar-refractivity contribution in [3.05, 3.63) is 47.0 Å². The zero-order chi connectivity index (χ0) is 18.3. The van der Waals surface area contributed by atoms with Crippen LogP contribution in [0.5, 0.6) is 0 Å². The average molecular weight is 365 g/mol. The van der Waals surface area contributed by atoms with Crippen molar-refractivity contribution in [2.24, 2.45) is 5.92 Å². The minimum absolute atomic E-state index is 0.0144. The molecule has 1 aliphatic carbocycles. The van der Waals surface area contributed by atoms with Gasteiger partial charge in [0.05, 0.1) is 24.3 Å². The zero-order valence-electron chi connectivity index (χ0n) is 15.9. The van der Waals surface area contributed by atoms with Gasteiger partial charge in [0.2, 0.25) is 5.95 Å². The van der Waals surface area contributed by atoms with Gasteiger partial charge in [0.1, 0.15) is 0 Å². The number of rotatable bonds is 5. The largest absolute Gasteiger partial charge is 0.376 e. The van der Waals surface area contributed by atoms with Crippen molar-refractivity contribution in [3.8, 4) is 0 Å². The normalized spacial score (nSPS) is 24.9. The lowest BCUT2D eigenvalue weighted by Gasteiger charge is -2.35. The van der Waals surface area contributed by atoms with E-state index in [1.54, 1.807) is 0 Å². The van der Waals surface area contributed by atoms with Crippen LogP contribution in [0.4, 0.5) is 5.95 Å². The molecule has 1 saturated carbocycles. The molecule has 1 atom stereocenters. The fraction of sp³-hybridized carbons (Fsp3) is 0.571. The van der Waals surface area contributed by atoms with E-state index in [4.69, 9.17) is 14.7 Å². The molecule has 1 N–H and O–H groups in total. The van der Waals surface area contributed by atoms with Crippen LogP contribution < -0.4 is 5.32 Å². The smallest absolute Gasteiger partial charge is 0.223 e. The van der Waals surface area contributed by atoms with Crippen molar-refractivity contribution >= 4 is 5.95 Å². The second kappa shape index (κ2) is 6.84. The molecular weight excluding hydrogens is 338 g/mol. The number of fused-ring (bicyclic) bond motifs is 2. The van der Waals surface area contributed by atoms with E-state index in [2.05, 4.69) is 28.2 Å². The van der Waals surface area contributed by atoms with Gasteiger partial charge in [0.15, 0.2) is 0 Å². The number of pyridine rings is 1. The Hall–Kier alpha value is -2.05. The molecule has 27 heavy (non-hydrogen) atoms. The quantitative estimate of drug-likeness (QED) is 0.879. The van der Waals surface area contributed by atoms with E-state index < -0.39 is 0 Å². The summed E-state index contributed by atoms with van der Waals surface area (Å²) in [6, 6.07) is 4.16. The van der Waals surface area contributed by atoms with Crippen LogP contribution in [0.25, 0.3) is 0 Å². The van der Waals surface area contributed by atoms with Gasteiger partial charge in [-0.05, 0) is 50.3 Å². The maximum Gasteiger partial charge on any atom is 0.223 e. The first-order valence-electron chi connectivity index (χ1n) is 10.0. The lowest BCUT2D eigenvalue weighted by atomic mass is 9.80. The molecule has 0 aromatic carbocycles. The lowest BCUT2D eigenvalue weighted by Crippen LogP contribution is -2.41. The van der Waals surface area contributed by atoms with E-state index in [0.717, 1.165) is 56.8 Å². The summed E-state index contributed by atoms with van der Waals surface area (Å²) < 4.78 is 6.02. The maximum absolute atomic E-state index is 6.02. The summed E-state index contributed by atoms with van der Waals surface area (Å²) in [7, 11) is 0. The van der Waals surface area contributed by atoms with Crippen LogP contribution in [0.15, 0.2) is 24.5 Å². The Morgan fingerprint density at radius 3 is 3.07 bits per heavy atom. The number of ether oxygens (including phenoxy) is 1. The second-order valence-corrected chi connectivity index (χ2v) is 8.38. The van der Waals surface area contributed by atoms with Gasteiger partial charge in [-0.1, -0.05) is 6.07 Å². The number of hydrogen-bond acceptors (Lipinski definition) is 6. The predicted molar refractivity (Wildman–Crippen MR) is 103 cm³/mol. The molecule has 5 rings (SSSR count). The summed E-state index contributed by atoms with van der Waals surface area (Å²) in [6.45, 7) is 7.44. The van der Waals surface area contributed by atoms with Crippen LogP contribution in [0.1, 0.15) is 41.8 Å². The zero-order valence-corrected chi connectivity index (χ0v) is 15.9. The van der Waals surface area contributed by atoms with Crippen LogP contribution in [0.2, 0.25) is 0 Å². The van der Waals surface area contributed by atoms with Crippen molar-refractivity contribution in [1.82, 2.24) is 19.9 Å². The van der Waals surface area contributed by atoms with E-state index in [1.165, 1.54) is 29.7 Å². The molecule has 1 unspecified atom stereocenters. The molecule has 3 aliphatic rings. The summed E-state index contributed by atoms with van der Waals surface area (Å²) >= 11 is 0. The Morgan fingerprint density at radius 1 is 1.33 bits per heavy atom. The van der Waals surface area contributed by atoms with Crippen LogP contribution in [0.3, 0.4) is 0 Å². The van der Waals surface area contributed by atoms with Gasteiger partial charge in [-0.3, -0.25) is 9.88 Å². The van der Waals surface area contributed by atoms with E-state index in [-0.39, 0.29) is 5.41 Å². The third-order valence-electron chi connectivity index (χ3n) is 6.15. The number of anilines is 1. The minimum Gasteiger partial charge on any atom is -0.376 e. The Balaban J connectivity index is 1.39. The number of nitrogens with zero attached hydrogens (tertiary/aromatic N) is 4. The highest BCUT2D eigenvalue weighted by Gasteiger charge is 2.45. The monoisotopic (exact) mass is 365 g/mol. The molecule has 1 spiro atoms. The van der Waals surface area contributed by atoms with Crippen molar-refractivity contribution in [2.45, 2.75) is 44.8 Å². The molecule has 1 saturated heterocycles. The van der Waals surface area contributed by atoms with Crippen LogP contribution in [0, 0.1) is 12.8 Å². The molecule has 0 bridgehead atoms. The number of nitrogens with one attached hydrogen (secondary N) is 1. The molecule has 6 nitrogen and oxygen atoms in total. The Labute approximate surface area is 160 Å². The highest BCUT2D eigenvalue weighted by Crippen LogP contribution is 2.40. The van der Waals surface area contributed by atoms with Crippen molar-refractivity contribution in [1.29, 1.82) is 0 Å². The maximum atomic E-state index is 6.02. The SMILES string of the molecule is Cc1nc(NCC2CC2)nc2c1COCC21CCN(Cc2cccnc2)C1. The van der Waals surface area contributed by atoms with E-state index in [0.29, 0.717) is 6.61 Å². The molecule has 6 heteroatoms. The number of hydrogen-bond donors (Lipinski definition) is 1. The van der Waals surface area contributed by atoms with Gasteiger partial charge < -0.3 is 10.1 Å². The van der Waals surface area contributed by atoms with Gasteiger partial charge in [-0.25, -0.2) is 9.97 Å². The van der Waals surface area contributed by atoms with Gasteiger partial charge in [-0.15, -0.1) is 0 Å². The Kier molecular flexibility index (Phi) is 4.32. The average Bonchev–Trinajstić information content (AvgIpc) is 3.43. The van der Waals surface area contributed by atoms with Gasteiger partial charge in [0.25, 0.3) is 0 Å². The first-order valence-corrected chi connectivity index (χ1v) is 10.0. The number of aryl methyl sites for hydroxylation is 1. The van der Waals surface area contributed by atoms with E-state index in [9.17, 15) is 0 Å². The van der Waals surface area contributed by atoms with Crippen LogP contribution in [-0.2, 0) is 23.3 Å². The second-order valence-electron chi connectivity index (χ2n) is 8.38. The standard InChI is InChI=1S/C21H27N5O/c1-15-18-12-27-14-21(19(18)25-20(24-15)23-10-16-4-5-16)6-8-26(13-21)11-17-3-2-7-22-9-17/h2-3,7,9,16H,4-6,8,10-14H2,1H3,(H,23,24,25). The first kappa shape index (κ1) is 17.1. The Morgan fingerprint density at radius 2 is 2.26 bits per heavy atom. The molecular formula is C21H27N5O. The lowest BCUT2D eigenvalue weighted by molar-refractivity contribution is 0.0498. The molecule has 2 aromatic rings. The molecule has 4 heterocycles. The van der Waals surface area contributed by atoms with Gasteiger partial charge in [-0.2, -0.15) is 0 Å². The van der Waals surface area contributed by atoms with Gasteiger partial charge in [0, 0.05) is 43.3 Å². The predicted octanol–water partition coefficient (Wildman–Crippen LogP) is 2.68. The van der Waals surface area contributed by atoms with Gasteiger partial charge >= 0.3 is 0 Å². The molecule has 142 valence electrons. The summed E-state index contributed by atoms with van der Waals surface area (Å²) in [5.74, 6) is 1.61. The summed E-state index contributed by atoms with van der Waals surface area (Å²) in [6.07, 6.45) is 7.54. The molecule has 2 aromatic heterocycles. The van der Waals surface area contributed by atoms with E-state index >= 15 is 0 Å². The first-order chi connectivity index (χ1) is 13.2. The third-order valence-corrected chi connectivity index (χ3v) is 6.15. The molecule has 2 aliphatic heterocycles. The summed E-state index contributed by atoms with van der Waals surface area (Å²) in [5.41, 5.74) is 4.72. The fourth-order valence-corrected chi connectivity index (χ4v) is 4.42. The minimum atomic E-state index is -0.0144. The van der Waals surface area contributed by atoms with E-state index in [1.807, 2.05) is 18.5 Å². The highest BCUT2D eigenvalue weighted by molar-refractivity contribution is 5.40. The topological polar surface area (TPSA) is 63.2 Å². The highest BCUT2D eigenvalue weighted by atomic mass is 16.5. The fourth-order valence-electron chi connectivity index (χ4n) is 4.42. The third kappa shape index (κ3) is 3.44. The van der Waals surface area contributed by atoms with Crippen molar-refractivity contribution in [3.63, 3.8) is 0 Å². The molecule has 2 fully saturated rings. The number of likely N-dealkylation sites (tertiary alicyclic amines) is 1. The number of aromatic nitrogens is 3. The summed E-state index contributed by atoms with van der Waals surface area (Å²) in [4.78, 5) is 16.5. The molecule has 0 radical (unpaired) electrons. The van der Waals surface area contributed by atoms with Crippen LogP contribution in [-0.4, -0.2) is 46.1 Å². The Bertz CT molecular complexity index is 823. The van der Waals surface area contributed by atoms with Crippen molar-refractivity contribution < 1.29 is 4.74 Å². The molecule has 0 amide bonds.